The molecule has 1 N–H and O–H groups in total. The van der Waals surface area contributed by atoms with Gasteiger partial charge in [-0.15, -0.1) is 0 Å². The van der Waals surface area contributed by atoms with Crippen LogP contribution in [0.2, 0.25) is 0 Å². The lowest BCUT2D eigenvalue weighted by Crippen LogP contribution is -2.08. The number of allylic oxidation sites excluding steroid dienone is 1. The topological polar surface area (TPSA) is 29.1 Å². The third kappa shape index (κ3) is 3.18. The summed E-state index contributed by atoms with van der Waals surface area (Å²) in [6.45, 7) is 1.82. The van der Waals surface area contributed by atoms with E-state index in [1.807, 2.05) is 31.2 Å². The Bertz CT molecular complexity index is 333. The van der Waals surface area contributed by atoms with Crippen molar-refractivity contribution in [1.82, 2.24) is 0 Å². The van der Waals surface area contributed by atoms with Crippen LogP contribution < -0.4 is 5.32 Å². The number of para-hydroxylation sites is 1. The van der Waals surface area contributed by atoms with Gasteiger partial charge in [0.25, 0.3) is 0 Å². The fourth-order valence-electron chi connectivity index (χ4n) is 0.888. The highest BCUT2D eigenvalue weighted by Gasteiger charge is 1.99. The van der Waals surface area contributed by atoms with E-state index in [9.17, 15) is 4.79 Å². The number of carbonyl (C=O) groups is 1. The SMILES string of the molecule is C/C=C/C(=O)Nc1ccccc1I. The van der Waals surface area contributed by atoms with Crippen LogP contribution in [0.25, 0.3) is 0 Å². The quantitative estimate of drug-likeness (QED) is 0.657. The first-order valence-corrected chi connectivity index (χ1v) is 5.00. The second kappa shape index (κ2) is 5.01. The molecule has 0 unspecified atom stereocenters. The molecule has 0 heterocycles. The molecule has 0 saturated heterocycles. The summed E-state index contributed by atoms with van der Waals surface area (Å²) in [5, 5.41) is 2.78. The molecule has 0 aliphatic rings. The molecule has 0 atom stereocenters. The summed E-state index contributed by atoms with van der Waals surface area (Å²) in [6, 6.07) is 7.66. The van der Waals surface area contributed by atoms with Gasteiger partial charge in [-0.2, -0.15) is 0 Å². The average molecular weight is 287 g/mol. The van der Waals surface area contributed by atoms with Crippen molar-refractivity contribution >= 4 is 34.2 Å². The number of rotatable bonds is 2. The van der Waals surface area contributed by atoms with Gasteiger partial charge >= 0.3 is 0 Å². The van der Waals surface area contributed by atoms with Gasteiger partial charge in [-0.1, -0.05) is 18.2 Å². The molecule has 1 aromatic carbocycles. The van der Waals surface area contributed by atoms with Crippen LogP contribution in [0.4, 0.5) is 5.69 Å². The van der Waals surface area contributed by atoms with E-state index in [1.54, 1.807) is 6.08 Å². The third-order valence-electron chi connectivity index (χ3n) is 1.45. The van der Waals surface area contributed by atoms with Crippen LogP contribution in [-0.2, 0) is 4.79 Å². The predicted octanol–water partition coefficient (Wildman–Crippen LogP) is 2.81. The Labute approximate surface area is 91.2 Å². The zero-order valence-electron chi connectivity index (χ0n) is 7.25. The number of hydrogen-bond donors (Lipinski definition) is 1. The number of nitrogens with one attached hydrogen (secondary N) is 1. The number of halogens is 1. The average Bonchev–Trinajstić information content (AvgIpc) is 2.09. The summed E-state index contributed by atoms with van der Waals surface area (Å²) in [5.74, 6) is -0.0911. The van der Waals surface area contributed by atoms with Crippen molar-refractivity contribution in [3.63, 3.8) is 0 Å². The molecule has 0 spiro atoms. The Balaban J connectivity index is 2.74. The van der Waals surface area contributed by atoms with E-state index in [-0.39, 0.29) is 5.91 Å². The molecular formula is C10H10INO. The van der Waals surface area contributed by atoms with E-state index in [4.69, 9.17) is 0 Å². The molecular weight excluding hydrogens is 277 g/mol. The van der Waals surface area contributed by atoms with Crippen LogP contribution in [0.15, 0.2) is 36.4 Å². The van der Waals surface area contributed by atoms with E-state index < -0.39 is 0 Å². The lowest BCUT2D eigenvalue weighted by Gasteiger charge is -2.03. The normalized spacial score (nSPS) is 10.3. The fourth-order valence-corrected chi connectivity index (χ4v) is 1.41. The number of benzene rings is 1. The Kier molecular flexibility index (Phi) is 3.95. The van der Waals surface area contributed by atoms with Crippen molar-refractivity contribution in [3.05, 3.63) is 40.0 Å². The highest BCUT2D eigenvalue weighted by atomic mass is 127. The van der Waals surface area contributed by atoms with Crippen molar-refractivity contribution in [3.8, 4) is 0 Å². The standard InChI is InChI=1S/C10H10INO/c1-2-5-10(13)12-9-7-4-3-6-8(9)11/h2-7H,1H3,(H,12,13)/b5-2+. The van der Waals surface area contributed by atoms with Gasteiger partial charge in [0.2, 0.25) is 5.91 Å². The first kappa shape index (κ1) is 10.2. The Morgan fingerprint density at radius 1 is 1.46 bits per heavy atom. The minimum absolute atomic E-state index is 0.0911. The van der Waals surface area contributed by atoms with E-state index in [0.717, 1.165) is 9.26 Å². The van der Waals surface area contributed by atoms with Crippen LogP contribution in [0.3, 0.4) is 0 Å². The molecule has 0 aromatic heterocycles. The van der Waals surface area contributed by atoms with Crippen molar-refractivity contribution in [2.45, 2.75) is 6.92 Å². The van der Waals surface area contributed by atoms with Gasteiger partial charge in [-0.05, 0) is 47.7 Å². The molecule has 2 nitrogen and oxygen atoms in total. The molecule has 0 fully saturated rings. The summed E-state index contributed by atoms with van der Waals surface area (Å²) in [7, 11) is 0. The van der Waals surface area contributed by atoms with Gasteiger partial charge < -0.3 is 5.32 Å². The predicted molar refractivity (Wildman–Crippen MR) is 62.6 cm³/mol. The summed E-state index contributed by atoms with van der Waals surface area (Å²) < 4.78 is 1.04. The summed E-state index contributed by atoms with van der Waals surface area (Å²) >= 11 is 2.18. The van der Waals surface area contributed by atoms with Gasteiger partial charge in [0.1, 0.15) is 0 Å². The van der Waals surface area contributed by atoms with Gasteiger partial charge in [0.05, 0.1) is 5.69 Å². The zero-order chi connectivity index (χ0) is 9.68. The maximum absolute atomic E-state index is 11.2. The van der Waals surface area contributed by atoms with Crippen molar-refractivity contribution in [1.29, 1.82) is 0 Å². The molecule has 1 rings (SSSR count). The fraction of sp³-hybridized carbons (Fsp3) is 0.100. The minimum atomic E-state index is -0.0911. The van der Waals surface area contributed by atoms with Crippen LogP contribution >= 0.6 is 22.6 Å². The monoisotopic (exact) mass is 287 g/mol. The molecule has 68 valence electrons. The molecule has 0 bridgehead atoms. The maximum Gasteiger partial charge on any atom is 0.248 e. The molecule has 3 heteroatoms. The highest BCUT2D eigenvalue weighted by molar-refractivity contribution is 14.1. The maximum atomic E-state index is 11.2. The van der Waals surface area contributed by atoms with Crippen molar-refractivity contribution in [2.24, 2.45) is 0 Å². The number of carbonyl (C=O) groups excluding carboxylic acids is 1. The van der Waals surface area contributed by atoms with E-state index in [2.05, 4.69) is 27.9 Å². The zero-order valence-corrected chi connectivity index (χ0v) is 9.41. The van der Waals surface area contributed by atoms with Gasteiger partial charge in [0.15, 0.2) is 0 Å². The lowest BCUT2D eigenvalue weighted by atomic mass is 10.3. The Morgan fingerprint density at radius 3 is 2.77 bits per heavy atom. The van der Waals surface area contributed by atoms with Crippen LogP contribution in [0.1, 0.15) is 6.92 Å². The number of anilines is 1. The first-order valence-electron chi connectivity index (χ1n) is 3.92. The third-order valence-corrected chi connectivity index (χ3v) is 2.39. The molecule has 0 aliphatic carbocycles. The van der Waals surface area contributed by atoms with Crippen LogP contribution in [-0.4, -0.2) is 5.91 Å². The smallest absolute Gasteiger partial charge is 0.248 e. The first-order chi connectivity index (χ1) is 6.24. The van der Waals surface area contributed by atoms with E-state index >= 15 is 0 Å². The second-order valence-electron chi connectivity index (χ2n) is 2.47. The van der Waals surface area contributed by atoms with Crippen molar-refractivity contribution in [2.75, 3.05) is 5.32 Å². The van der Waals surface area contributed by atoms with Crippen molar-refractivity contribution < 1.29 is 4.79 Å². The Hall–Kier alpha value is -0.840. The number of amides is 1. The van der Waals surface area contributed by atoms with E-state index in [1.165, 1.54) is 6.08 Å². The molecule has 0 saturated carbocycles. The summed E-state index contributed by atoms with van der Waals surface area (Å²) in [5.41, 5.74) is 0.853. The Morgan fingerprint density at radius 2 is 2.15 bits per heavy atom. The van der Waals surface area contributed by atoms with Gasteiger partial charge in [-0.3, -0.25) is 4.79 Å². The molecule has 13 heavy (non-hydrogen) atoms. The molecule has 1 aromatic rings. The number of hydrogen-bond acceptors (Lipinski definition) is 1. The molecule has 1 amide bonds. The van der Waals surface area contributed by atoms with Crippen LogP contribution in [0, 0.1) is 3.57 Å². The lowest BCUT2D eigenvalue weighted by molar-refractivity contribution is -0.111. The minimum Gasteiger partial charge on any atom is -0.322 e. The summed E-state index contributed by atoms with van der Waals surface area (Å²) in [4.78, 5) is 11.2. The largest absolute Gasteiger partial charge is 0.322 e. The van der Waals surface area contributed by atoms with Gasteiger partial charge in [0, 0.05) is 3.57 Å². The second-order valence-corrected chi connectivity index (χ2v) is 3.63. The van der Waals surface area contributed by atoms with Gasteiger partial charge in [-0.25, -0.2) is 0 Å². The van der Waals surface area contributed by atoms with E-state index in [0.29, 0.717) is 0 Å². The molecule has 0 aliphatic heterocycles. The highest BCUT2D eigenvalue weighted by Crippen LogP contribution is 2.16. The van der Waals surface area contributed by atoms with Crippen LogP contribution in [0.5, 0.6) is 0 Å². The summed E-state index contributed by atoms with van der Waals surface area (Å²) in [6.07, 6.45) is 3.22. The molecule has 0 radical (unpaired) electrons.